The normalized spacial score (nSPS) is 19.9. The molecule has 18 heavy (non-hydrogen) atoms. The Kier molecular flexibility index (Phi) is 4.66. The lowest BCUT2D eigenvalue weighted by Crippen LogP contribution is -2.39. The molecule has 3 nitrogen and oxygen atoms in total. The summed E-state index contributed by atoms with van der Waals surface area (Å²) >= 11 is 0. The van der Waals surface area contributed by atoms with Crippen molar-refractivity contribution in [2.45, 2.75) is 38.8 Å². The predicted molar refractivity (Wildman–Crippen MR) is 70.9 cm³/mol. The van der Waals surface area contributed by atoms with Crippen LogP contribution in [0.25, 0.3) is 0 Å². The first-order valence-electron chi connectivity index (χ1n) is 6.74. The summed E-state index contributed by atoms with van der Waals surface area (Å²) in [5, 5.41) is 3.45. The van der Waals surface area contributed by atoms with Gasteiger partial charge in [0.25, 0.3) is 0 Å². The number of rotatable bonds is 5. The first-order valence-corrected chi connectivity index (χ1v) is 6.74. The average molecular weight is 251 g/mol. The van der Waals surface area contributed by atoms with Crippen LogP contribution in [0.1, 0.15) is 38.3 Å². The summed E-state index contributed by atoms with van der Waals surface area (Å²) in [4.78, 5) is 6.39. The van der Waals surface area contributed by atoms with E-state index in [-0.39, 0.29) is 11.9 Å². The van der Waals surface area contributed by atoms with E-state index >= 15 is 0 Å². The van der Waals surface area contributed by atoms with E-state index in [0.717, 1.165) is 12.1 Å². The van der Waals surface area contributed by atoms with Gasteiger partial charge in [0.15, 0.2) is 0 Å². The minimum atomic E-state index is -0.270. The molecule has 1 N–H and O–H groups in total. The average Bonchev–Trinajstić information content (AvgIpc) is 2.89. The molecular formula is C14H22FN3. The zero-order valence-corrected chi connectivity index (χ0v) is 11.2. The fraction of sp³-hybridized carbons (Fsp3) is 0.643. The first kappa shape index (κ1) is 13.4. The Balaban J connectivity index is 1.82. The van der Waals surface area contributed by atoms with Crippen LogP contribution in [0.4, 0.5) is 4.39 Å². The van der Waals surface area contributed by atoms with Crippen LogP contribution in [0.15, 0.2) is 18.5 Å². The van der Waals surface area contributed by atoms with Gasteiger partial charge in [-0.15, -0.1) is 0 Å². The lowest BCUT2D eigenvalue weighted by atomic mass is 10.1. The molecule has 2 unspecified atom stereocenters. The predicted octanol–water partition coefficient (Wildman–Crippen LogP) is 2.36. The molecule has 1 aromatic heterocycles. The summed E-state index contributed by atoms with van der Waals surface area (Å²) < 4.78 is 13.1. The molecule has 1 aliphatic rings. The van der Waals surface area contributed by atoms with Crippen LogP contribution in [0.2, 0.25) is 0 Å². The van der Waals surface area contributed by atoms with Crippen molar-refractivity contribution in [1.29, 1.82) is 0 Å². The van der Waals surface area contributed by atoms with Gasteiger partial charge in [0, 0.05) is 24.8 Å². The Morgan fingerprint density at radius 2 is 2.06 bits per heavy atom. The monoisotopic (exact) mass is 251 g/mol. The van der Waals surface area contributed by atoms with E-state index in [9.17, 15) is 4.39 Å². The van der Waals surface area contributed by atoms with Gasteiger partial charge in [0.1, 0.15) is 5.82 Å². The number of nitrogens with zero attached hydrogens (tertiary/aromatic N) is 2. The minimum absolute atomic E-state index is 0.137. The van der Waals surface area contributed by atoms with E-state index in [1.165, 1.54) is 32.1 Å². The van der Waals surface area contributed by atoms with Gasteiger partial charge in [0.05, 0.1) is 6.20 Å². The van der Waals surface area contributed by atoms with Gasteiger partial charge in [-0.05, 0) is 51.4 Å². The highest BCUT2D eigenvalue weighted by Crippen LogP contribution is 2.14. The van der Waals surface area contributed by atoms with Gasteiger partial charge < -0.3 is 5.32 Å². The molecule has 100 valence electrons. The third-order valence-corrected chi connectivity index (χ3v) is 3.71. The Hall–Kier alpha value is -1.00. The summed E-state index contributed by atoms with van der Waals surface area (Å²) in [5.41, 5.74) is 0.906. The third-order valence-electron chi connectivity index (χ3n) is 3.71. The van der Waals surface area contributed by atoms with Crippen LogP contribution in [-0.2, 0) is 0 Å². The lowest BCUT2D eigenvalue weighted by molar-refractivity contribution is 0.247. The van der Waals surface area contributed by atoms with Crippen LogP contribution >= 0.6 is 0 Å². The summed E-state index contributed by atoms with van der Waals surface area (Å²) in [7, 11) is 0. The van der Waals surface area contributed by atoms with Crippen LogP contribution in [-0.4, -0.2) is 35.6 Å². The number of halogens is 1. The van der Waals surface area contributed by atoms with Crippen molar-refractivity contribution in [2.24, 2.45) is 0 Å². The molecule has 0 saturated carbocycles. The van der Waals surface area contributed by atoms with Gasteiger partial charge in [-0.2, -0.15) is 0 Å². The molecule has 1 saturated heterocycles. The van der Waals surface area contributed by atoms with E-state index in [0.29, 0.717) is 6.04 Å². The molecule has 2 rings (SSSR count). The maximum atomic E-state index is 13.1. The van der Waals surface area contributed by atoms with Crippen molar-refractivity contribution in [1.82, 2.24) is 15.2 Å². The Labute approximate surface area is 108 Å². The van der Waals surface area contributed by atoms with Crippen molar-refractivity contribution in [3.8, 4) is 0 Å². The number of likely N-dealkylation sites (tertiary alicyclic amines) is 1. The molecule has 2 atom stereocenters. The number of hydrogen-bond donors (Lipinski definition) is 1. The standard InChI is InChI=1S/C14H22FN3/c1-11(18-5-3-4-6-18)8-17-12(2)13-7-14(15)10-16-9-13/h7,9-12,17H,3-6,8H2,1-2H3. The van der Waals surface area contributed by atoms with Gasteiger partial charge in [-0.3, -0.25) is 9.88 Å². The first-order chi connectivity index (χ1) is 8.66. The maximum Gasteiger partial charge on any atom is 0.141 e. The van der Waals surface area contributed by atoms with Crippen molar-refractivity contribution in [3.63, 3.8) is 0 Å². The Morgan fingerprint density at radius 3 is 2.72 bits per heavy atom. The number of aromatic nitrogens is 1. The van der Waals surface area contributed by atoms with Crippen LogP contribution in [0.5, 0.6) is 0 Å². The molecule has 4 heteroatoms. The lowest BCUT2D eigenvalue weighted by Gasteiger charge is -2.25. The van der Waals surface area contributed by atoms with E-state index in [1.54, 1.807) is 12.3 Å². The third kappa shape index (κ3) is 3.50. The van der Waals surface area contributed by atoms with Crippen LogP contribution in [0, 0.1) is 5.82 Å². The highest BCUT2D eigenvalue weighted by atomic mass is 19.1. The maximum absolute atomic E-state index is 13.1. The second-order valence-electron chi connectivity index (χ2n) is 5.16. The van der Waals surface area contributed by atoms with Gasteiger partial charge in [-0.1, -0.05) is 0 Å². The largest absolute Gasteiger partial charge is 0.309 e. The van der Waals surface area contributed by atoms with Gasteiger partial charge >= 0.3 is 0 Å². The summed E-state index contributed by atoms with van der Waals surface area (Å²) in [6.07, 6.45) is 5.59. The highest BCUT2D eigenvalue weighted by molar-refractivity contribution is 5.14. The minimum Gasteiger partial charge on any atom is -0.309 e. The second-order valence-corrected chi connectivity index (χ2v) is 5.16. The van der Waals surface area contributed by atoms with Gasteiger partial charge in [0.2, 0.25) is 0 Å². The molecule has 2 heterocycles. The molecule has 1 fully saturated rings. The van der Waals surface area contributed by atoms with Crippen molar-refractivity contribution < 1.29 is 4.39 Å². The molecule has 0 radical (unpaired) electrons. The summed E-state index contributed by atoms with van der Waals surface area (Å²) in [6, 6.07) is 2.22. The van der Waals surface area contributed by atoms with Crippen LogP contribution in [0.3, 0.4) is 0 Å². The number of hydrogen-bond acceptors (Lipinski definition) is 3. The van der Waals surface area contributed by atoms with E-state index in [4.69, 9.17) is 0 Å². The van der Waals surface area contributed by atoms with Crippen LogP contribution < -0.4 is 5.32 Å². The van der Waals surface area contributed by atoms with E-state index < -0.39 is 0 Å². The Bertz CT molecular complexity index is 377. The van der Waals surface area contributed by atoms with Crippen molar-refractivity contribution in [2.75, 3.05) is 19.6 Å². The molecule has 0 amide bonds. The highest BCUT2D eigenvalue weighted by Gasteiger charge is 2.18. The van der Waals surface area contributed by atoms with Crippen molar-refractivity contribution >= 4 is 0 Å². The van der Waals surface area contributed by atoms with Gasteiger partial charge in [-0.25, -0.2) is 4.39 Å². The molecular weight excluding hydrogens is 229 g/mol. The summed E-state index contributed by atoms with van der Waals surface area (Å²) in [5.74, 6) is -0.270. The van der Waals surface area contributed by atoms with E-state index in [1.807, 2.05) is 6.92 Å². The Morgan fingerprint density at radius 1 is 1.33 bits per heavy atom. The summed E-state index contributed by atoms with van der Waals surface area (Å²) in [6.45, 7) is 7.64. The second kappa shape index (κ2) is 6.25. The fourth-order valence-corrected chi connectivity index (χ4v) is 2.44. The van der Waals surface area contributed by atoms with E-state index in [2.05, 4.69) is 22.1 Å². The SMILES string of the molecule is CC(NCC(C)N1CCCC1)c1cncc(F)c1. The number of pyridine rings is 1. The number of nitrogens with one attached hydrogen (secondary N) is 1. The van der Waals surface area contributed by atoms with Crippen molar-refractivity contribution in [3.05, 3.63) is 29.8 Å². The molecule has 1 aliphatic heterocycles. The molecule has 0 aromatic carbocycles. The molecule has 0 bridgehead atoms. The topological polar surface area (TPSA) is 28.2 Å². The quantitative estimate of drug-likeness (QED) is 0.870. The zero-order valence-electron chi connectivity index (χ0n) is 11.2. The molecule has 0 aliphatic carbocycles. The molecule has 0 spiro atoms. The molecule has 1 aromatic rings. The smallest absolute Gasteiger partial charge is 0.141 e. The fourth-order valence-electron chi connectivity index (χ4n) is 2.44. The zero-order chi connectivity index (χ0) is 13.0.